The highest BCUT2D eigenvalue weighted by molar-refractivity contribution is 5.89. The van der Waals surface area contributed by atoms with Crippen molar-refractivity contribution in [3.63, 3.8) is 0 Å². The highest BCUT2D eigenvalue weighted by Crippen LogP contribution is 2.21. The van der Waals surface area contributed by atoms with E-state index in [2.05, 4.69) is 4.98 Å². The fraction of sp³-hybridized carbons (Fsp3) is 0.125. The Morgan fingerprint density at radius 1 is 1.29 bits per heavy atom. The van der Waals surface area contributed by atoms with Crippen LogP contribution in [0, 0.1) is 6.92 Å². The van der Waals surface area contributed by atoms with Crippen LogP contribution in [-0.4, -0.2) is 20.5 Å². The summed E-state index contributed by atoms with van der Waals surface area (Å²) in [4.78, 5) is 15.6. The maximum Gasteiger partial charge on any atom is 0.336 e. The highest BCUT2D eigenvalue weighted by Gasteiger charge is 2.11. The fourth-order valence-corrected chi connectivity index (χ4v) is 2.23. The monoisotopic (exact) mass is 282 g/mol. The van der Waals surface area contributed by atoms with Gasteiger partial charge in [0.2, 0.25) is 0 Å². The van der Waals surface area contributed by atoms with Gasteiger partial charge in [0.05, 0.1) is 11.3 Å². The van der Waals surface area contributed by atoms with Crippen LogP contribution in [0.2, 0.25) is 0 Å². The molecule has 0 radical (unpaired) electrons. The number of hydrogen-bond donors (Lipinski definition) is 1. The number of fused-ring (bicyclic) bond motifs is 1. The summed E-state index contributed by atoms with van der Waals surface area (Å²) in [7, 11) is 0. The van der Waals surface area contributed by atoms with Crippen molar-refractivity contribution in [2.45, 2.75) is 13.5 Å². The molecule has 0 aliphatic heterocycles. The molecule has 0 aliphatic carbocycles. The zero-order valence-electron chi connectivity index (χ0n) is 11.5. The zero-order chi connectivity index (χ0) is 14.8. The van der Waals surface area contributed by atoms with Gasteiger partial charge in [-0.3, -0.25) is 0 Å². The normalized spacial score (nSPS) is 10.7. The average Bonchev–Trinajstić information content (AvgIpc) is 2.86. The van der Waals surface area contributed by atoms with Gasteiger partial charge in [-0.2, -0.15) is 0 Å². The fourth-order valence-electron chi connectivity index (χ4n) is 2.23. The minimum absolute atomic E-state index is 0.189. The lowest BCUT2D eigenvalue weighted by molar-refractivity contribution is 0.0694. The quantitative estimate of drug-likeness (QED) is 0.799. The maximum absolute atomic E-state index is 11.2. The van der Waals surface area contributed by atoms with Gasteiger partial charge >= 0.3 is 5.97 Å². The second-order valence-electron chi connectivity index (χ2n) is 4.74. The van der Waals surface area contributed by atoms with Crippen LogP contribution in [0.4, 0.5) is 0 Å². The van der Waals surface area contributed by atoms with Gasteiger partial charge in [0, 0.05) is 18.0 Å². The van der Waals surface area contributed by atoms with Crippen molar-refractivity contribution >= 4 is 11.6 Å². The molecule has 0 amide bonds. The molecule has 2 heterocycles. The number of aryl methyl sites for hydroxylation is 1. The van der Waals surface area contributed by atoms with E-state index in [-0.39, 0.29) is 12.2 Å². The SMILES string of the molecule is Cc1cn2cccc(OCc3ccccc3C(=O)O)c2n1. The Morgan fingerprint density at radius 2 is 2.10 bits per heavy atom. The lowest BCUT2D eigenvalue weighted by Gasteiger charge is -2.09. The number of aromatic nitrogens is 2. The van der Waals surface area contributed by atoms with Gasteiger partial charge in [-0.05, 0) is 25.1 Å². The second-order valence-corrected chi connectivity index (χ2v) is 4.74. The van der Waals surface area contributed by atoms with E-state index >= 15 is 0 Å². The van der Waals surface area contributed by atoms with Crippen LogP contribution in [0.3, 0.4) is 0 Å². The molecule has 2 aromatic heterocycles. The third-order valence-electron chi connectivity index (χ3n) is 3.20. The number of carboxylic acids is 1. The maximum atomic E-state index is 11.2. The van der Waals surface area contributed by atoms with Gasteiger partial charge in [-0.15, -0.1) is 0 Å². The first kappa shape index (κ1) is 13.2. The summed E-state index contributed by atoms with van der Waals surface area (Å²) in [5.41, 5.74) is 2.51. The van der Waals surface area contributed by atoms with Crippen LogP contribution in [0.5, 0.6) is 5.75 Å². The Labute approximate surface area is 121 Å². The van der Waals surface area contributed by atoms with Crippen molar-refractivity contribution in [1.29, 1.82) is 0 Å². The van der Waals surface area contributed by atoms with Crippen LogP contribution < -0.4 is 4.74 Å². The summed E-state index contributed by atoms with van der Waals surface area (Å²) in [5, 5.41) is 9.17. The minimum Gasteiger partial charge on any atom is -0.485 e. The molecule has 0 fully saturated rings. The standard InChI is InChI=1S/C16H14N2O3/c1-11-9-18-8-4-7-14(15(18)17-11)21-10-12-5-2-3-6-13(12)16(19)20/h2-9H,10H2,1H3,(H,19,20). The van der Waals surface area contributed by atoms with Crippen molar-refractivity contribution in [1.82, 2.24) is 9.38 Å². The van der Waals surface area contributed by atoms with Gasteiger partial charge in [-0.1, -0.05) is 18.2 Å². The molecule has 0 atom stereocenters. The first-order valence-electron chi connectivity index (χ1n) is 6.53. The average molecular weight is 282 g/mol. The molecule has 1 aromatic carbocycles. The van der Waals surface area contributed by atoms with Crippen molar-refractivity contribution < 1.29 is 14.6 Å². The molecular formula is C16H14N2O3. The molecular weight excluding hydrogens is 268 g/mol. The lowest BCUT2D eigenvalue weighted by Crippen LogP contribution is -2.05. The van der Waals surface area contributed by atoms with Crippen LogP contribution in [0.15, 0.2) is 48.8 Å². The van der Waals surface area contributed by atoms with E-state index in [0.29, 0.717) is 11.3 Å². The van der Waals surface area contributed by atoms with Crippen molar-refractivity contribution in [3.05, 3.63) is 65.6 Å². The molecule has 106 valence electrons. The molecule has 0 aliphatic rings. The van der Waals surface area contributed by atoms with Gasteiger partial charge in [0.1, 0.15) is 6.61 Å². The number of ether oxygens (including phenoxy) is 1. The van der Waals surface area contributed by atoms with E-state index in [9.17, 15) is 4.79 Å². The Kier molecular flexibility index (Phi) is 3.31. The zero-order valence-corrected chi connectivity index (χ0v) is 11.5. The van der Waals surface area contributed by atoms with Crippen LogP contribution in [0.1, 0.15) is 21.6 Å². The molecule has 21 heavy (non-hydrogen) atoms. The van der Waals surface area contributed by atoms with Gasteiger partial charge in [-0.25, -0.2) is 9.78 Å². The Morgan fingerprint density at radius 3 is 2.90 bits per heavy atom. The number of rotatable bonds is 4. The largest absolute Gasteiger partial charge is 0.485 e. The van der Waals surface area contributed by atoms with E-state index in [1.54, 1.807) is 24.3 Å². The molecule has 0 spiro atoms. The van der Waals surface area contributed by atoms with Crippen LogP contribution >= 0.6 is 0 Å². The number of carbonyl (C=O) groups is 1. The molecule has 5 heteroatoms. The van der Waals surface area contributed by atoms with Crippen LogP contribution in [0.25, 0.3) is 5.65 Å². The number of carboxylic acid groups (broad SMARTS) is 1. The molecule has 5 nitrogen and oxygen atoms in total. The summed E-state index contributed by atoms with van der Waals surface area (Å²) >= 11 is 0. The Balaban J connectivity index is 1.89. The summed E-state index contributed by atoms with van der Waals surface area (Å²) < 4.78 is 7.65. The van der Waals surface area contributed by atoms with E-state index < -0.39 is 5.97 Å². The Hall–Kier alpha value is -2.82. The van der Waals surface area contributed by atoms with Crippen molar-refractivity contribution in [2.75, 3.05) is 0 Å². The summed E-state index contributed by atoms with van der Waals surface area (Å²) in [6.45, 7) is 2.10. The number of hydrogen-bond acceptors (Lipinski definition) is 3. The predicted molar refractivity (Wildman–Crippen MR) is 77.7 cm³/mol. The molecule has 3 aromatic rings. The summed E-state index contributed by atoms with van der Waals surface area (Å²) in [5.74, 6) is -0.324. The second kappa shape index (κ2) is 5.28. The molecule has 0 unspecified atom stereocenters. The summed E-state index contributed by atoms with van der Waals surface area (Å²) in [6, 6.07) is 10.5. The van der Waals surface area contributed by atoms with E-state index in [4.69, 9.17) is 9.84 Å². The smallest absolute Gasteiger partial charge is 0.336 e. The lowest BCUT2D eigenvalue weighted by atomic mass is 10.1. The molecule has 0 saturated carbocycles. The molecule has 0 bridgehead atoms. The topological polar surface area (TPSA) is 63.8 Å². The van der Waals surface area contributed by atoms with Gasteiger partial charge in [0.15, 0.2) is 11.4 Å². The molecule has 1 N–H and O–H groups in total. The van der Waals surface area contributed by atoms with Gasteiger partial charge < -0.3 is 14.2 Å². The Bertz CT molecular complexity index is 808. The molecule has 3 rings (SSSR count). The number of aromatic carboxylic acids is 1. The van der Waals surface area contributed by atoms with E-state index in [1.807, 2.05) is 35.9 Å². The van der Waals surface area contributed by atoms with Gasteiger partial charge in [0.25, 0.3) is 0 Å². The first-order chi connectivity index (χ1) is 10.1. The van der Waals surface area contributed by atoms with E-state index in [1.165, 1.54) is 0 Å². The third-order valence-corrected chi connectivity index (χ3v) is 3.20. The van der Waals surface area contributed by atoms with Crippen LogP contribution in [-0.2, 0) is 6.61 Å². The predicted octanol–water partition coefficient (Wildman–Crippen LogP) is 2.92. The highest BCUT2D eigenvalue weighted by atomic mass is 16.5. The first-order valence-corrected chi connectivity index (χ1v) is 6.53. The number of nitrogens with zero attached hydrogens (tertiary/aromatic N) is 2. The molecule has 0 saturated heterocycles. The van der Waals surface area contributed by atoms with Crippen molar-refractivity contribution in [2.24, 2.45) is 0 Å². The van der Waals surface area contributed by atoms with Crippen molar-refractivity contribution in [3.8, 4) is 5.75 Å². The minimum atomic E-state index is -0.955. The number of benzene rings is 1. The third kappa shape index (κ3) is 2.58. The number of pyridine rings is 1. The van der Waals surface area contributed by atoms with E-state index in [0.717, 1.165) is 11.3 Å². The number of imidazole rings is 1. The summed E-state index contributed by atoms with van der Waals surface area (Å²) in [6.07, 6.45) is 3.81.